The minimum absolute atomic E-state index is 0.172. The molecule has 0 N–H and O–H groups in total. The molecule has 1 aliphatic rings. The second-order valence-electron chi connectivity index (χ2n) is 5.90. The highest BCUT2D eigenvalue weighted by atomic mass is 16.6. The van der Waals surface area contributed by atoms with Gasteiger partial charge < -0.3 is 9.64 Å². The highest BCUT2D eigenvalue weighted by Crippen LogP contribution is 2.24. The van der Waals surface area contributed by atoms with Gasteiger partial charge in [0.2, 0.25) is 0 Å². The Morgan fingerprint density at radius 3 is 2.62 bits per heavy atom. The standard InChI is InChI=1S/C15H19N3O3/c1-15(2,3)21-14(19)18-8-6-11(7-9-18)12-4-5-13(17-20)16-10-12/h4-6,10H,7-9H2,1-3H3. The van der Waals surface area contributed by atoms with Gasteiger partial charge in [-0.3, -0.25) is 0 Å². The number of carbonyl (C=O) groups excluding carboxylic acids is 1. The topological polar surface area (TPSA) is 71.9 Å². The molecule has 0 saturated heterocycles. The normalized spacial score (nSPS) is 15.4. The van der Waals surface area contributed by atoms with Crippen molar-refractivity contribution in [3.63, 3.8) is 0 Å². The molecule has 0 spiro atoms. The van der Waals surface area contributed by atoms with Crippen molar-refractivity contribution in [2.45, 2.75) is 32.8 Å². The molecule has 0 radical (unpaired) electrons. The lowest BCUT2D eigenvalue weighted by Crippen LogP contribution is -2.39. The Bertz CT molecular complexity index is 559. The molecule has 6 nitrogen and oxygen atoms in total. The summed E-state index contributed by atoms with van der Waals surface area (Å²) in [4.78, 5) is 27.9. The number of amides is 1. The summed E-state index contributed by atoms with van der Waals surface area (Å²) in [5, 5.41) is 2.78. The predicted molar refractivity (Wildman–Crippen MR) is 80.1 cm³/mol. The molecule has 0 bridgehead atoms. The fourth-order valence-electron chi connectivity index (χ4n) is 2.05. The van der Waals surface area contributed by atoms with Crippen LogP contribution in [0.5, 0.6) is 0 Å². The fourth-order valence-corrected chi connectivity index (χ4v) is 2.05. The molecule has 0 aromatic carbocycles. The Morgan fingerprint density at radius 2 is 2.14 bits per heavy atom. The Labute approximate surface area is 123 Å². The molecule has 0 unspecified atom stereocenters. The van der Waals surface area contributed by atoms with E-state index < -0.39 is 5.60 Å². The summed E-state index contributed by atoms with van der Waals surface area (Å²) in [6, 6.07) is 3.40. The van der Waals surface area contributed by atoms with Gasteiger partial charge in [-0.2, -0.15) is 0 Å². The van der Waals surface area contributed by atoms with Crippen LogP contribution in [0.3, 0.4) is 0 Å². The molecular formula is C15H19N3O3. The van der Waals surface area contributed by atoms with E-state index in [4.69, 9.17) is 4.74 Å². The largest absolute Gasteiger partial charge is 0.444 e. The smallest absolute Gasteiger partial charge is 0.410 e. The molecular weight excluding hydrogens is 270 g/mol. The van der Waals surface area contributed by atoms with Crippen LogP contribution in [0.1, 0.15) is 32.8 Å². The second-order valence-corrected chi connectivity index (χ2v) is 5.90. The lowest BCUT2D eigenvalue weighted by atomic mass is 10.0. The third kappa shape index (κ3) is 4.11. The maximum Gasteiger partial charge on any atom is 0.410 e. The van der Waals surface area contributed by atoms with Crippen LogP contribution >= 0.6 is 0 Å². The van der Waals surface area contributed by atoms with Crippen molar-refractivity contribution in [1.82, 2.24) is 9.88 Å². The highest BCUT2D eigenvalue weighted by molar-refractivity contribution is 5.72. The van der Waals surface area contributed by atoms with Gasteiger partial charge in [0, 0.05) is 19.3 Å². The number of carbonyl (C=O) groups is 1. The summed E-state index contributed by atoms with van der Waals surface area (Å²) >= 11 is 0. The zero-order chi connectivity index (χ0) is 15.5. The highest BCUT2D eigenvalue weighted by Gasteiger charge is 2.23. The minimum atomic E-state index is -0.483. The van der Waals surface area contributed by atoms with E-state index in [0.29, 0.717) is 13.1 Å². The molecule has 1 amide bonds. The van der Waals surface area contributed by atoms with Crippen LogP contribution in [0.15, 0.2) is 29.6 Å². The molecule has 0 saturated carbocycles. The van der Waals surface area contributed by atoms with Crippen molar-refractivity contribution < 1.29 is 9.53 Å². The van der Waals surface area contributed by atoms with Crippen LogP contribution in [-0.2, 0) is 4.74 Å². The summed E-state index contributed by atoms with van der Waals surface area (Å²) in [6.45, 7) is 6.67. The van der Waals surface area contributed by atoms with Gasteiger partial charge in [-0.05, 0) is 55.6 Å². The third-order valence-corrected chi connectivity index (χ3v) is 3.07. The maximum absolute atomic E-state index is 12.0. The SMILES string of the molecule is CC(C)(C)OC(=O)N1CC=C(c2ccc(N=O)nc2)CC1. The molecule has 6 heteroatoms. The van der Waals surface area contributed by atoms with Crippen molar-refractivity contribution in [3.8, 4) is 0 Å². The molecule has 1 aromatic rings. The van der Waals surface area contributed by atoms with Gasteiger partial charge in [0.15, 0.2) is 5.82 Å². The summed E-state index contributed by atoms with van der Waals surface area (Å²) in [5.74, 6) is 0.172. The van der Waals surface area contributed by atoms with Crippen LogP contribution < -0.4 is 0 Å². The average Bonchev–Trinajstić information content (AvgIpc) is 2.46. The monoisotopic (exact) mass is 289 g/mol. The molecule has 0 fully saturated rings. The number of nitrogens with zero attached hydrogens (tertiary/aromatic N) is 3. The maximum atomic E-state index is 12.0. The molecule has 21 heavy (non-hydrogen) atoms. The number of pyridine rings is 1. The molecule has 2 rings (SSSR count). The third-order valence-electron chi connectivity index (χ3n) is 3.07. The van der Waals surface area contributed by atoms with Crippen molar-refractivity contribution >= 4 is 17.5 Å². The van der Waals surface area contributed by atoms with Gasteiger partial charge >= 0.3 is 6.09 Å². The zero-order valence-electron chi connectivity index (χ0n) is 12.5. The van der Waals surface area contributed by atoms with E-state index in [1.807, 2.05) is 32.9 Å². The predicted octanol–water partition coefficient (Wildman–Crippen LogP) is 3.50. The number of aromatic nitrogens is 1. The van der Waals surface area contributed by atoms with E-state index >= 15 is 0 Å². The van der Waals surface area contributed by atoms with E-state index in [1.165, 1.54) is 0 Å². The van der Waals surface area contributed by atoms with Crippen LogP contribution in [0.25, 0.3) is 5.57 Å². The zero-order valence-corrected chi connectivity index (χ0v) is 12.5. The first kappa shape index (κ1) is 15.2. The second kappa shape index (κ2) is 6.03. The van der Waals surface area contributed by atoms with Crippen LogP contribution in [0, 0.1) is 4.91 Å². The molecule has 112 valence electrons. The lowest BCUT2D eigenvalue weighted by Gasteiger charge is -2.29. The number of rotatable bonds is 2. The van der Waals surface area contributed by atoms with Gasteiger partial charge in [0.05, 0.1) is 0 Å². The first-order valence-electron chi connectivity index (χ1n) is 6.86. The summed E-state index contributed by atoms with van der Waals surface area (Å²) in [5.41, 5.74) is 1.58. The Balaban J connectivity index is 2.01. The minimum Gasteiger partial charge on any atom is -0.444 e. The lowest BCUT2D eigenvalue weighted by molar-refractivity contribution is 0.0270. The van der Waals surface area contributed by atoms with E-state index in [9.17, 15) is 9.70 Å². The van der Waals surface area contributed by atoms with Crippen LogP contribution in [-0.4, -0.2) is 34.7 Å². The van der Waals surface area contributed by atoms with Crippen LogP contribution in [0.4, 0.5) is 10.6 Å². The van der Waals surface area contributed by atoms with Crippen molar-refractivity contribution in [2.24, 2.45) is 5.18 Å². The average molecular weight is 289 g/mol. The van der Waals surface area contributed by atoms with Gasteiger partial charge in [-0.15, -0.1) is 4.91 Å². The van der Waals surface area contributed by atoms with E-state index in [0.717, 1.165) is 17.6 Å². The van der Waals surface area contributed by atoms with E-state index in [-0.39, 0.29) is 11.9 Å². The van der Waals surface area contributed by atoms with Crippen LogP contribution in [0.2, 0.25) is 0 Å². The number of hydrogen-bond acceptors (Lipinski definition) is 5. The number of hydrogen-bond donors (Lipinski definition) is 0. The van der Waals surface area contributed by atoms with Crippen molar-refractivity contribution in [3.05, 3.63) is 34.9 Å². The molecule has 1 aliphatic heterocycles. The Kier molecular flexibility index (Phi) is 4.35. The molecule has 2 heterocycles. The number of ether oxygens (including phenoxy) is 1. The first-order valence-corrected chi connectivity index (χ1v) is 6.86. The molecule has 0 aliphatic carbocycles. The fraction of sp³-hybridized carbons (Fsp3) is 0.467. The van der Waals surface area contributed by atoms with Crippen molar-refractivity contribution in [2.75, 3.05) is 13.1 Å². The van der Waals surface area contributed by atoms with Gasteiger partial charge in [-0.25, -0.2) is 9.78 Å². The first-order chi connectivity index (χ1) is 9.89. The molecule has 1 aromatic heterocycles. The summed E-state index contributed by atoms with van der Waals surface area (Å²) in [7, 11) is 0. The molecule has 0 atom stereocenters. The number of nitroso groups, excluding NO2 is 1. The van der Waals surface area contributed by atoms with Crippen molar-refractivity contribution in [1.29, 1.82) is 0 Å². The summed E-state index contributed by atoms with van der Waals surface area (Å²) < 4.78 is 5.35. The Morgan fingerprint density at radius 1 is 1.38 bits per heavy atom. The van der Waals surface area contributed by atoms with Gasteiger partial charge in [0.1, 0.15) is 5.60 Å². The van der Waals surface area contributed by atoms with Gasteiger partial charge in [0.25, 0.3) is 0 Å². The summed E-state index contributed by atoms with van der Waals surface area (Å²) in [6.07, 6.45) is 4.05. The van der Waals surface area contributed by atoms with E-state index in [1.54, 1.807) is 17.2 Å². The quantitative estimate of drug-likeness (QED) is 0.781. The Hall–Kier alpha value is -2.24. The van der Waals surface area contributed by atoms with E-state index in [2.05, 4.69) is 10.2 Å². The van der Waals surface area contributed by atoms with Gasteiger partial charge in [-0.1, -0.05) is 6.08 Å².